The average Bonchev–Trinajstić information content (AvgIpc) is 3.32. The molecule has 136 valence electrons. The van der Waals surface area contributed by atoms with Crippen LogP contribution < -0.4 is 4.90 Å². The Balaban J connectivity index is 1.56. The number of hydrogen-bond donors (Lipinski definition) is 0. The van der Waals surface area contributed by atoms with Crippen LogP contribution in [0.2, 0.25) is 0 Å². The Hall–Kier alpha value is -2.94. The molecule has 0 N–H and O–H groups in total. The monoisotopic (exact) mass is 356 g/mol. The molecule has 9 nitrogen and oxygen atoms in total. The number of hydrogen-bond acceptors (Lipinski definition) is 7. The largest absolute Gasteiger partial charge is 0.459 e. The van der Waals surface area contributed by atoms with E-state index >= 15 is 0 Å². The summed E-state index contributed by atoms with van der Waals surface area (Å²) >= 11 is 0. The number of aromatic nitrogens is 4. The second-order valence-electron chi connectivity index (χ2n) is 6.16. The van der Waals surface area contributed by atoms with Gasteiger partial charge in [0.25, 0.3) is 5.91 Å². The smallest absolute Gasteiger partial charge is 0.289 e. The van der Waals surface area contributed by atoms with E-state index in [4.69, 9.17) is 9.15 Å². The van der Waals surface area contributed by atoms with Crippen LogP contribution in [0.25, 0.3) is 11.0 Å². The van der Waals surface area contributed by atoms with Crippen LogP contribution in [0.5, 0.6) is 0 Å². The first kappa shape index (κ1) is 16.5. The van der Waals surface area contributed by atoms with Gasteiger partial charge in [0.05, 0.1) is 17.8 Å². The minimum atomic E-state index is -0.0797. The number of amides is 1. The van der Waals surface area contributed by atoms with Crippen molar-refractivity contribution >= 4 is 22.8 Å². The summed E-state index contributed by atoms with van der Waals surface area (Å²) in [4.78, 5) is 25.6. The predicted octanol–water partition coefficient (Wildman–Crippen LogP) is 1.07. The van der Waals surface area contributed by atoms with Crippen molar-refractivity contribution in [2.45, 2.75) is 6.61 Å². The zero-order chi connectivity index (χ0) is 18.1. The van der Waals surface area contributed by atoms with Gasteiger partial charge in [-0.2, -0.15) is 5.10 Å². The average molecular weight is 356 g/mol. The maximum atomic E-state index is 12.4. The van der Waals surface area contributed by atoms with Crippen LogP contribution in [0.4, 0.5) is 5.82 Å². The van der Waals surface area contributed by atoms with Crippen molar-refractivity contribution in [1.29, 1.82) is 0 Å². The standard InChI is InChI=1S/C17H20N6O3/c1-21-15-12(10-18-21)16(20-14(19-15)11-25-2)22-5-7-23(8-6-22)17(24)13-4-3-9-26-13/h3-4,9-10H,5-8,11H2,1-2H3. The normalized spacial score (nSPS) is 15.0. The summed E-state index contributed by atoms with van der Waals surface area (Å²) in [5.41, 5.74) is 0.774. The molecule has 26 heavy (non-hydrogen) atoms. The zero-order valence-electron chi connectivity index (χ0n) is 14.8. The molecule has 1 amide bonds. The highest BCUT2D eigenvalue weighted by molar-refractivity contribution is 5.92. The Morgan fingerprint density at radius 2 is 2.08 bits per heavy atom. The highest BCUT2D eigenvalue weighted by Gasteiger charge is 2.26. The van der Waals surface area contributed by atoms with Crippen molar-refractivity contribution in [3.05, 3.63) is 36.2 Å². The summed E-state index contributed by atoms with van der Waals surface area (Å²) in [7, 11) is 3.48. The summed E-state index contributed by atoms with van der Waals surface area (Å²) < 4.78 is 12.1. The molecule has 0 unspecified atom stereocenters. The van der Waals surface area contributed by atoms with E-state index < -0.39 is 0 Å². The summed E-state index contributed by atoms with van der Waals surface area (Å²) in [6.45, 7) is 2.90. The summed E-state index contributed by atoms with van der Waals surface area (Å²) in [5, 5.41) is 5.20. The number of furan rings is 1. The first-order valence-electron chi connectivity index (χ1n) is 8.42. The van der Waals surface area contributed by atoms with Crippen LogP contribution >= 0.6 is 0 Å². The van der Waals surface area contributed by atoms with Crippen LogP contribution in [0, 0.1) is 0 Å². The fraction of sp³-hybridized carbons (Fsp3) is 0.412. The van der Waals surface area contributed by atoms with E-state index in [0.717, 1.165) is 16.9 Å². The quantitative estimate of drug-likeness (QED) is 0.690. The molecule has 0 aromatic carbocycles. The van der Waals surface area contributed by atoms with Crippen molar-refractivity contribution < 1.29 is 13.9 Å². The number of fused-ring (bicyclic) bond motifs is 1. The lowest BCUT2D eigenvalue weighted by atomic mass is 10.2. The maximum Gasteiger partial charge on any atom is 0.289 e. The van der Waals surface area contributed by atoms with Crippen LogP contribution in [-0.2, 0) is 18.4 Å². The lowest BCUT2D eigenvalue weighted by molar-refractivity contribution is 0.0714. The second kappa shape index (κ2) is 6.75. The van der Waals surface area contributed by atoms with E-state index in [1.165, 1.54) is 6.26 Å². The number of rotatable bonds is 4. The van der Waals surface area contributed by atoms with Gasteiger partial charge in [0.15, 0.2) is 17.2 Å². The lowest BCUT2D eigenvalue weighted by Crippen LogP contribution is -2.49. The van der Waals surface area contributed by atoms with Crippen molar-refractivity contribution in [2.75, 3.05) is 38.2 Å². The van der Waals surface area contributed by atoms with Gasteiger partial charge in [0, 0.05) is 40.3 Å². The summed E-state index contributed by atoms with van der Waals surface area (Å²) in [5.74, 6) is 1.74. The van der Waals surface area contributed by atoms with E-state index in [1.807, 2.05) is 7.05 Å². The molecule has 0 spiro atoms. The molecule has 0 atom stereocenters. The third-order valence-electron chi connectivity index (χ3n) is 4.49. The van der Waals surface area contributed by atoms with Gasteiger partial charge in [-0.3, -0.25) is 9.48 Å². The number of methoxy groups -OCH3 is 1. The molecule has 0 bridgehead atoms. The van der Waals surface area contributed by atoms with Crippen LogP contribution in [-0.4, -0.2) is 63.8 Å². The van der Waals surface area contributed by atoms with E-state index in [-0.39, 0.29) is 5.91 Å². The van der Waals surface area contributed by atoms with Crippen LogP contribution in [0.3, 0.4) is 0 Å². The molecule has 0 saturated carbocycles. The van der Waals surface area contributed by atoms with Gasteiger partial charge >= 0.3 is 0 Å². The van der Waals surface area contributed by atoms with Crippen LogP contribution in [0.15, 0.2) is 29.0 Å². The zero-order valence-corrected chi connectivity index (χ0v) is 14.8. The minimum Gasteiger partial charge on any atom is -0.459 e. The SMILES string of the molecule is COCc1nc(N2CCN(C(=O)c3ccco3)CC2)c2cnn(C)c2n1. The number of anilines is 1. The molecule has 0 radical (unpaired) electrons. The van der Waals surface area contributed by atoms with Gasteiger partial charge in [-0.05, 0) is 12.1 Å². The highest BCUT2D eigenvalue weighted by atomic mass is 16.5. The lowest BCUT2D eigenvalue weighted by Gasteiger charge is -2.35. The number of nitrogens with zero attached hydrogens (tertiary/aromatic N) is 6. The topological polar surface area (TPSA) is 89.5 Å². The van der Waals surface area contributed by atoms with Gasteiger partial charge in [-0.15, -0.1) is 0 Å². The van der Waals surface area contributed by atoms with E-state index in [0.29, 0.717) is 44.4 Å². The molecule has 9 heteroatoms. The number of aryl methyl sites for hydroxylation is 1. The Bertz CT molecular complexity index is 912. The number of carbonyl (C=O) groups excluding carboxylic acids is 1. The van der Waals surface area contributed by atoms with Gasteiger partial charge in [0.2, 0.25) is 0 Å². The van der Waals surface area contributed by atoms with E-state index in [1.54, 1.807) is 35.0 Å². The Labute approximate surface area is 150 Å². The van der Waals surface area contributed by atoms with Gasteiger partial charge in [0.1, 0.15) is 12.4 Å². The molecule has 4 heterocycles. The fourth-order valence-electron chi connectivity index (χ4n) is 3.16. The van der Waals surface area contributed by atoms with Gasteiger partial charge < -0.3 is 19.0 Å². The Morgan fingerprint density at radius 1 is 1.27 bits per heavy atom. The third-order valence-corrected chi connectivity index (χ3v) is 4.49. The maximum absolute atomic E-state index is 12.4. The summed E-state index contributed by atoms with van der Waals surface area (Å²) in [6.07, 6.45) is 3.29. The first-order valence-corrected chi connectivity index (χ1v) is 8.42. The third kappa shape index (κ3) is 2.90. The molecule has 1 aliphatic heterocycles. The molecular formula is C17H20N6O3. The van der Waals surface area contributed by atoms with Gasteiger partial charge in [-0.1, -0.05) is 0 Å². The van der Waals surface area contributed by atoms with Gasteiger partial charge in [-0.25, -0.2) is 9.97 Å². The van der Waals surface area contributed by atoms with Crippen molar-refractivity contribution in [1.82, 2.24) is 24.6 Å². The molecule has 1 saturated heterocycles. The number of carbonyl (C=O) groups is 1. The second-order valence-corrected chi connectivity index (χ2v) is 6.16. The Kier molecular flexibility index (Phi) is 4.29. The molecule has 3 aromatic heterocycles. The predicted molar refractivity (Wildman–Crippen MR) is 93.8 cm³/mol. The van der Waals surface area contributed by atoms with Crippen molar-refractivity contribution in [3.8, 4) is 0 Å². The first-order chi connectivity index (χ1) is 12.7. The van der Waals surface area contributed by atoms with E-state index in [9.17, 15) is 4.79 Å². The molecule has 0 aliphatic carbocycles. The minimum absolute atomic E-state index is 0.0797. The van der Waals surface area contributed by atoms with Crippen molar-refractivity contribution in [3.63, 3.8) is 0 Å². The highest BCUT2D eigenvalue weighted by Crippen LogP contribution is 2.25. The van der Waals surface area contributed by atoms with E-state index in [2.05, 4.69) is 20.0 Å². The fourth-order valence-corrected chi connectivity index (χ4v) is 3.16. The molecule has 1 fully saturated rings. The van der Waals surface area contributed by atoms with Crippen LogP contribution in [0.1, 0.15) is 16.4 Å². The molecule has 4 rings (SSSR count). The molecular weight excluding hydrogens is 336 g/mol. The number of ether oxygens (including phenoxy) is 1. The Morgan fingerprint density at radius 3 is 2.77 bits per heavy atom. The molecule has 1 aliphatic rings. The summed E-state index contributed by atoms with van der Waals surface area (Å²) in [6, 6.07) is 3.41. The number of piperazine rings is 1. The molecule has 3 aromatic rings. The van der Waals surface area contributed by atoms with Crippen molar-refractivity contribution in [2.24, 2.45) is 7.05 Å².